The van der Waals surface area contributed by atoms with Crippen LogP contribution in [-0.4, -0.2) is 33.8 Å². The normalized spacial score (nSPS) is 10.9. The average molecular weight is 238 g/mol. The van der Waals surface area contributed by atoms with Gasteiger partial charge in [0.25, 0.3) is 0 Å². The second kappa shape index (κ2) is 5.16. The molecule has 0 spiro atoms. The van der Waals surface area contributed by atoms with Crippen molar-refractivity contribution in [3.63, 3.8) is 0 Å². The monoisotopic (exact) mass is 238 g/mol. The number of amides is 1. The summed E-state index contributed by atoms with van der Waals surface area (Å²) in [5.41, 5.74) is -0.252. The molecule has 17 heavy (non-hydrogen) atoms. The van der Waals surface area contributed by atoms with Gasteiger partial charge >= 0.3 is 13.2 Å². The summed E-state index contributed by atoms with van der Waals surface area (Å²) >= 11 is 0. The highest BCUT2D eigenvalue weighted by Gasteiger charge is 2.20. The lowest BCUT2D eigenvalue weighted by Gasteiger charge is -2.20. The fraction of sp³-hybridized carbons (Fsp3) is 0.400. The van der Waals surface area contributed by atoms with Crippen LogP contribution in [0.5, 0.6) is 0 Å². The number of hydrogen-bond acceptors (Lipinski definition) is 5. The minimum Gasteiger partial charge on any atom is -0.444 e. The molecule has 3 N–H and O–H groups in total. The molecule has 0 fully saturated rings. The third kappa shape index (κ3) is 4.42. The van der Waals surface area contributed by atoms with Crippen molar-refractivity contribution in [1.29, 1.82) is 0 Å². The number of pyridine rings is 1. The number of ether oxygens (including phenoxy) is 1. The van der Waals surface area contributed by atoms with Crippen molar-refractivity contribution in [1.82, 2.24) is 4.98 Å². The second-order valence-electron chi connectivity index (χ2n) is 4.46. The Balaban J connectivity index is 2.78. The van der Waals surface area contributed by atoms with E-state index in [2.05, 4.69) is 10.3 Å². The van der Waals surface area contributed by atoms with E-state index in [1.807, 2.05) is 0 Å². The minimum absolute atomic E-state index is 0.110. The van der Waals surface area contributed by atoms with Gasteiger partial charge in [-0.25, -0.2) is 4.79 Å². The van der Waals surface area contributed by atoms with Crippen LogP contribution in [0.4, 0.5) is 10.5 Å². The number of nitrogens with zero attached hydrogens (tertiary/aromatic N) is 1. The number of rotatable bonds is 2. The molecular formula is C10H15BN2O4. The van der Waals surface area contributed by atoms with Crippen molar-refractivity contribution in [3.8, 4) is 0 Å². The Bertz CT molecular complexity index is 404. The SMILES string of the molecule is CC(C)(C)OC(=O)Nc1ccncc1B(O)O. The summed E-state index contributed by atoms with van der Waals surface area (Å²) in [5.74, 6) is 0. The quantitative estimate of drug-likeness (QED) is 0.636. The van der Waals surface area contributed by atoms with Gasteiger partial charge in [0.05, 0.1) is 0 Å². The molecule has 1 amide bonds. The van der Waals surface area contributed by atoms with Gasteiger partial charge < -0.3 is 14.8 Å². The first-order chi connectivity index (χ1) is 7.79. The maximum Gasteiger partial charge on any atom is 0.492 e. The molecule has 0 aliphatic carbocycles. The first-order valence-electron chi connectivity index (χ1n) is 5.09. The third-order valence-corrected chi connectivity index (χ3v) is 1.77. The van der Waals surface area contributed by atoms with Crippen LogP contribution in [0.2, 0.25) is 0 Å². The number of anilines is 1. The van der Waals surface area contributed by atoms with Gasteiger partial charge in [-0.05, 0) is 26.8 Å². The molecule has 0 aromatic carbocycles. The lowest BCUT2D eigenvalue weighted by atomic mass is 9.80. The van der Waals surface area contributed by atoms with Crippen LogP contribution in [0.3, 0.4) is 0 Å². The van der Waals surface area contributed by atoms with Crippen molar-refractivity contribution >= 4 is 24.4 Å². The summed E-state index contributed by atoms with van der Waals surface area (Å²) in [7, 11) is -1.70. The van der Waals surface area contributed by atoms with E-state index in [-0.39, 0.29) is 11.2 Å². The van der Waals surface area contributed by atoms with Gasteiger partial charge in [0, 0.05) is 23.5 Å². The van der Waals surface area contributed by atoms with Gasteiger partial charge in [-0.1, -0.05) is 0 Å². The van der Waals surface area contributed by atoms with E-state index < -0.39 is 18.8 Å². The maximum absolute atomic E-state index is 11.5. The Morgan fingerprint density at radius 3 is 2.65 bits per heavy atom. The standard InChI is InChI=1S/C10H15BN2O4/c1-10(2,3)17-9(14)13-8-4-5-12-6-7(8)11(15)16/h4-6,15-16H,1-3H3,(H,12,13,14). The van der Waals surface area contributed by atoms with Crippen LogP contribution in [0.15, 0.2) is 18.5 Å². The third-order valence-electron chi connectivity index (χ3n) is 1.77. The summed E-state index contributed by atoms with van der Waals surface area (Å²) in [5, 5.41) is 20.6. The fourth-order valence-corrected chi connectivity index (χ4v) is 1.14. The zero-order chi connectivity index (χ0) is 13.1. The Hall–Kier alpha value is -1.60. The summed E-state index contributed by atoms with van der Waals surface area (Å²) in [4.78, 5) is 15.2. The summed E-state index contributed by atoms with van der Waals surface area (Å²) < 4.78 is 5.04. The van der Waals surface area contributed by atoms with Crippen molar-refractivity contribution < 1.29 is 19.6 Å². The van der Waals surface area contributed by atoms with Crippen LogP contribution >= 0.6 is 0 Å². The van der Waals surface area contributed by atoms with Crippen molar-refractivity contribution in [2.45, 2.75) is 26.4 Å². The number of aromatic nitrogens is 1. The van der Waals surface area contributed by atoms with Crippen molar-refractivity contribution in [2.75, 3.05) is 5.32 Å². The van der Waals surface area contributed by atoms with Gasteiger partial charge in [0.2, 0.25) is 0 Å². The summed E-state index contributed by atoms with van der Waals surface area (Å²) in [6.45, 7) is 5.21. The topological polar surface area (TPSA) is 91.7 Å². The molecule has 0 aliphatic rings. The van der Waals surface area contributed by atoms with Gasteiger partial charge in [-0.2, -0.15) is 0 Å². The van der Waals surface area contributed by atoms with E-state index in [1.165, 1.54) is 18.5 Å². The zero-order valence-corrected chi connectivity index (χ0v) is 9.97. The predicted octanol–water partition coefficient (Wildman–Crippen LogP) is 0.108. The summed E-state index contributed by atoms with van der Waals surface area (Å²) in [6, 6.07) is 1.46. The smallest absolute Gasteiger partial charge is 0.444 e. The molecule has 1 rings (SSSR count). The molecule has 0 saturated heterocycles. The Morgan fingerprint density at radius 1 is 1.47 bits per heavy atom. The first kappa shape index (κ1) is 13.5. The highest BCUT2D eigenvalue weighted by atomic mass is 16.6. The predicted molar refractivity (Wildman–Crippen MR) is 63.9 cm³/mol. The van der Waals surface area contributed by atoms with Gasteiger partial charge in [0.1, 0.15) is 5.60 Å². The van der Waals surface area contributed by atoms with Gasteiger partial charge in [-0.15, -0.1) is 0 Å². The number of nitrogens with one attached hydrogen (secondary N) is 1. The molecule has 6 nitrogen and oxygen atoms in total. The molecule has 1 aromatic rings. The second-order valence-corrected chi connectivity index (χ2v) is 4.46. The highest BCUT2D eigenvalue weighted by Crippen LogP contribution is 2.09. The van der Waals surface area contributed by atoms with Crippen LogP contribution in [0.25, 0.3) is 0 Å². The van der Waals surface area contributed by atoms with Crippen LogP contribution in [0.1, 0.15) is 20.8 Å². The average Bonchev–Trinajstić information content (AvgIpc) is 2.14. The maximum atomic E-state index is 11.5. The van der Waals surface area contributed by atoms with E-state index in [0.29, 0.717) is 0 Å². The molecule has 0 bridgehead atoms. The van der Waals surface area contributed by atoms with E-state index in [4.69, 9.17) is 14.8 Å². The number of hydrogen-bond donors (Lipinski definition) is 3. The molecule has 0 aliphatic heterocycles. The Labute approximate surface area is 99.8 Å². The number of carbonyl (C=O) groups is 1. The minimum atomic E-state index is -1.70. The van der Waals surface area contributed by atoms with Crippen molar-refractivity contribution in [2.24, 2.45) is 0 Å². The molecule has 0 atom stereocenters. The lowest BCUT2D eigenvalue weighted by Crippen LogP contribution is -2.35. The lowest BCUT2D eigenvalue weighted by molar-refractivity contribution is 0.0636. The Kier molecular flexibility index (Phi) is 4.09. The molecule has 1 aromatic heterocycles. The largest absolute Gasteiger partial charge is 0.492 e. The number of carbonyl (C=O) groups excluding carboxylic acids is 1. The molecule has 0 unspecified atom stereocenters. The van der Waals surface area contributed by atoms with Crippen LogP contribution in [-0.2, 0) is 4.74 Å². The highest BCUT2D eigenvalue weighted by molar-refractivity contribution is 6.60. The first-order valence-corrected chi connectivity index (χ1v) is 5.09. The van der Waals surface area contributed by atoms with Crippen LogP contribution in [0, 0.1) is 0 Å². The van der Waals surface area contributed by atoms with Crippen LogP contribution < -0.4 is 10.8 Å². The Morgan fingerprint density at radius 2 is 2.12 bits per heavy atom. The van der Waals surface area contributed by atoms with E-state index >= 15 is 0 Å². The molecule has 0 radical (unpaired) electrons. The molecule has 7 heteroatoms. The zero-order valence-electron chi connectivity index (χ0n) is 9.97. The molecule has 1 heterocycles. The molecular weight excluding hydrogens is 223 g/mol. The summed E-state index contributed by atoms with van der Waals surface area (Å²) in [6.07, 6.45) is 2.03. The van der Waals surface area contributed by atoms with E-state index in [1.54, 1.807) is 20.8 Å². The molecule has 0 saturated carbocycles. The van der Waals surface area contributed by atoms with Crippen molar-refractivity contribution in [3.05, 3.63) is 18.5 Å². The van der Waals surface area contributed by atoms with E-state index in [9.17, 15) is 4.79 Å². The molecule has 92 valence electrons. The van der Waals surface area contributed by atoms with Gasteiger partial charge in [-0.3, -0.25) is 10.3 Å². The fourth-order valence-electron chi connectivity index (χ4n) is 1.14. The van der Waals surface area contributed by atoms with E-state index in [0.717, 1.165) is 0 Å². The van der Waals surface area contributed by atoms with Gasteiger partial charge in [0.15, 0.2) is 0 Å².